The molecule has 1 aliphatic carbocycles. The molecule has 0 saturated heterocycles. The van der Waals surface area contributed by atoms with E-state index in [1.807, 2.05) is 12.1 Å². The summed E-state index contributed by atoms with van der Waals surface area (Å²) >= 11 is 0. The molecule has 1 aliphatic rings. The van der Waals surface area contributed by atoms with Gasteiger partial charge >= 0.3 is 12.1 Å². The fourth-order valence-corrected chi connectivity index (χ4v) is 4.59. The van der Waals surface area contributed by atoms with Crippen LogP contribution in [0.3, 0.4) is 0 Å². The molecule has 2 heterocycles. The Hall–Kier alpha value is -3.55. The third kappa shape index (κ3) is 6.32. The summed E-state index contributed by atoms with van der Waals surface area (Å²) in [6.45, 7) is 0. The smallest absolute Gasteiger partial charge is 0.433 e. The molecule has 0 radical (unpaired) electrons. The first kappa shape index (κ1) is 24.6. The number of carbonyl (C=O) groups is 2. The first-order valence-electron chi connectivity index (χ1n) is 11.5. The number of carbonyl (C=O) groups excluding carboxylic acids is 1. The molecule has 0 spiro atoms. The van der Waals surface area contributed by atoms with E-state index in [0.29, 0.717) is 17.0 Å². The molecule has 0 aliphatic heterocycles. The van der Waals surface area contributed by atoms with Gasteiger partial charge < -0.3 is 5.11 Å². The summed E-state index contributed by atoms with van der Waals surface area (Å²) < 4.78 is 37.9. The number of rotatable bonds is 7. The van der Waals surface area contributed by atoms with E-state index in [4.69, 9.17) is 5.11 Å². The first-order valence-corrected chi connectivity index (χ1v) is 11.5. The van der Waals surface area contributed by atoms with Crippen LogP contribution in [0.5, 0.6) is 0 Å². The molecular formula is C27H25F3N2O3. The second kappa shape index (κ2) is 10.4. The van der Waals surface area contributed by atoms with Crippen LogP contribution in [-0.2, 0) is 17.4 Å². The summed E-state index contributed by atoms with van der Waals surface area (Å²) in [5.74, 6) is -0.278. The third-order valence-electron chi connectivity index (χ3n) is 6.55. The average molecular weight is 483 g/mol. The van der Waals surface area contributed by atoms with E-state index >= 15 is 0 Å². The molecule has 0 amide bonds. The zero-order chi connectivity index (χ0) is 25.0. The Morgan fingerprint density at radius 3 is 2.14 bits per heavy atom. The number of benzene rings is 1. The van der Waals surface area contributed by atoms with Gasteiger partial charge in [-0.3, -0.25) is 19.6 Å². The third-order valence-corrected chi connectivity index (χ3v) is 6.55. The molecule has 1 fully saturated rings. The molecular weight excluding hydrogens is 457 g/mol. The highest BCUT2D eigenvalue weighted by atomic mass is 19.4. The quantitative estimate of drug-likeness (QED) is 0.398. The highest BCUT2D eigenvalue weighted by Crippen LogP contribution is 2.37. The van der Waals surface area contributed by atoms with E-state index in [1.54, 1.807) is 12.1 Å². The SMILES string of the molecule is O=C(O)CC1CCC(c2ccc(-c3ccc(C(=O)Cc4ccc(C(F)(F)F)nc4)cn3)cc2)CC1. The van der Waals surface area contributed by atoms with E-state index in [0.717, 1.165) is 49.2 Å². The summed E-state index contributed by atoms with van der Waals surface area (Å²) in [5, 5.41) is 8.97. The normalized spacial score (nSPS) is 18.3. The van der Waals surface area contributed by atoms with Gasteiger partial charge in [-0.25, -0.2) is 0 Å². The Kier molecular flexibility index (Phi) is 7.28. The number of alkyl halides is 3. The van der Waals surface area contributed by atoms with Gasteiger partial charge in [0, 0.05) is 36.4 Å². The summed E-state index contributed by atoms with van der Waals surface area (Å²) in [6, 6.07) is 13.7. The zero-order valence-electron chi connectivity index (χ0n) is 19.0. The molecule has 2 aromatic heterocycles. The van der Waals surface area contributed by atoms with Crippen LogP contribution in [-0.4, -0.2) is 26.8 Å². The van der Waals surface area contributed by atoms with Gasteiger partial charge in [-0.1, -0.05) is 30.3 Å². The van der Waals surface area contributed by atoms with Gasteiger partial charge in [0.25, 0.3) is 0 Å². The Morgan fingerprint density at radius 2 is 1.60 bits per heavy atom. The molecule has 5 nitrogen and oxygen atoms in total. The van der Waals surface area contributed by atoms with Crippen molar-refractivity contribution in [2.24, 2.45) is 5.92 Å². The van der Waals surface area contributed by atoms with Crippen molar-refractivity contribution in [1.82, 2.24) is 9.97 Å². The Morgan fingerprint density at radius 1 is 0.886 bits per heavy atom. The molecule has 1 saturated carbocycles. The van der Waals surface area contributed by atoms with E-state index in [2.05, 4.69) is 22.1 Å². The van der Waals surface area contributed by atoms with Crippen LogP contribution in [0.4, 0.5) is 13.2 Å². The first-order chi connectivity index (χ1) is 16.7. The second-order valence-electron chi connectivity index (χ2n) is 9.02. The maximum Gasteiger partial charge on any atom is 0.433 e. The van der Waals surface area contributed by atoms with Crippen LogP contribution in [0.25, 0.3) is 11.3 Å². The van der Waals surface area contributed by atoms with Crippen LogP contribution in [0.2, 0.25) is 0 Å². The number of pyridine rings is 2. The van der Waals surface area contributed by atoms with Crippen molar-refractivity contribution in [2.75, 3.05) is 0 Å². The topological polar surface area (TPSA) is 80.1 Å². The lowest BCUT2D eigenvalue weighted by molar-refractivity contribution is -0.141. The summed E-state index contributed by atoms with van der Waals surface area (Å²) in [7, 11) is 0. The number of ketones is 1. The lowest BCUT2D eigenvalue weighted by Crippen LogP contribution is -2.16. The van der Waals surface area contributed by atoms with E-state index < -0.39 is 17.8 Å². The Labute approximate surface area is 201 Å². The molecule has 35 heavy (non-hydrogen) atoms. The maximum absolute atomic E-state index is 12.6. The van der Waals surface area contributed by atoms with E-state index in [1.165, 1.54) is 17.8 Å². The monoisotopic (exact) mass is 482 g/mol. The van der Waals surface area contributed by atoms with Gasteiger partial charge in [-0.05, 0) is 66.8 Å². The molecule has 1 aromatic carbocycles. The summed E-state index contributed by atoms with van der Waals surface area (Å²) in [4.78, 5) is 31.2. The number of hydrogen-bond acceptors (Lipinski definition) is 4. The maximum atomic E-state index is 12.6. The minimum atomic E-state index is -4.51. The van der Waals surface area contributed by atoms with Gasteiger partial charge in [0.05, 0.1) is 5.69 Å². The van der Waals surface area contributed by atoms with Crippen molar-refractivity contribution < 1.29 is 27.9 Å². The van der Waals surface area contributed by atoms with Gasteiger partial charge in [0.2, 0.25) is 0 Å². The van der Waals surface area contributed by atoms with Gasteiger partial charge in [0.1, 0.15) is 5.69 Å². The van der Waals surface area contributed by atoms with E-state index in [9.17, 15) is 22.8 Å². The van der Waals surface area contributed by atoms with Gasteiger partial charge in [-0.2, -0.15) is 13.2 Å². The van der Waals surface area contributed by atoms with Crippen LogP contribution in [0.1, 0.15) is 65.2 Å². The zero-order valence-corrected chi connectivity index (χ0v) is 19.0. The summed E-state index contributed by atoms with van der Waals surface area (Å²) in [5.41, 5.74) is 2.66. The van der Waals surface area contributed by atoms with Crippen LogP contribution in [0, 0.1) is 5.92 Å². The Balaban J connectivity index is 1.35. The molecule has 8 heteroatoms. The fraction of sp³-hybridized carbons (Fsp3) is 0.333. The van der Waals surface area contributed by atoms with Crippen molar-refractivity contribution in [3.8, 4) is 11.3 Å². The number of aromatic nitrogens is 2. The molecule has 0 atom stereocenters. The highest BCUT2D eigenvalue weighted by Gasteiger charge is 2.32. The largest absolute Gasteiger partial charge is 0.481 e. The minimum absolute atomic E-state index is 0.0599. The standard InChI is InChI=1S/C27H25F3N2O3/c28-27(29,30)25-12-3-18(15-32-25)13-24(33)22-10-11-23(31-16-22)21-8-6-20(7-9-21)19-4-1-17(2-5-19)14-26(34)35/h3,6-12,15-17,19H,1-2,4-5,13-14H2,(H,34,35). The van der Waals surface area contributed by atoms with Crippen molar-refractivity contribution in [1.29, 1.82) is 0 Å². The van der Waals surface area contributed by atoms with Crippen molar-refractivity contribution >= 4 is 11.8 Å². The minimum Gasteiger partial charge on any atom is -0.481 e. The predicted octanol–water partition coefficient (Wildman–Crippen LogP) is 6.34. The molecule has 3 aromatic rings. The molecule has 0 bridgehead atoms. The molecule has 4 rings (SSSR count). The van der Waals surface area contributed by atoms with Gasteiger partial charge in [0.15, 0.2) is 5.78 Å². The van der Waals surface area contributed by atoms with Crippen molar-refractivity contribution in [3.63, 3.8) is 0 Å². The average Bonchev–Trinajstić information content (AvgIpc) is 2.84. The van der Waals surface area contributed by atoms with E-state index in [-0.39, 0.29) is 24.5 Å². The lowest BCUT2D eigenvalue weighted by Gasteiger charge is -2.28. The second-order valence-corrected chi connectivity index (χ2v) is 9.02. The Bertz CT molecular complexity index is 1170. The van der Waals surface area contributed by atoms with Gasteiger partial charge in [-0.15, -0.1) is 0 Å². The number of carboxylic acids is 1. The molecule has 1 N–H and O–H groups in total. The van der Waals surface area contributed by atoms with Crippen LogP contribution < -0.4 is 0 Å². The van der Waals surface area contributed by atoms with Crippen LogP contribution >= 0.6 is 0 Å². The molecule has 0 unspecified atom stereocenters. The number of halogens is 3. The van der Waals surface area contributed by atoms with Crippen molar-refractivity contribution in [3.05, 3.63) is 83.3 Å². The highest BCUT2D eigenvalue weighted by molar-refractivity contribution is 5.97. The lowest BCUT2D eigenvalue weighted by atomic mass is 9.77. The number of carboxylic acid groups (broad SMARTS) is 1. The number of aliphatic carboxylic acids is 1. The number of hydrogen-bond donors (Lipinski definition) is 1. The number of nitrogens with zero attached hydrogens (tertiary/aromatic N) is 2. The van der Waals surface area contributed by atoms with Crippen molar-refractivity contribution in [2.45, 2.75) is 50.6 Å². The fourth-order valence-electron chi connectivity index (χ4n) is 4.59. The number of Topliss-reactive ketones (excluding diaryl/α,β-unsaturated/α-hetero) is 1. The predicted molar refractivity (Wildman–Crippen MR) is 124 cm³/mol. The van der Waals surface area contributed by atoms with Crippen LogP contribution in [0.15, 0.2) is 60.9 Å². The molecule has 182 valence electrons. The summed E-state index contributed by atoms with van der Waals surface area (Å²) in [6.07, 6.45) is 2.06.